The topological polar surface area (TPSA) is 18.1 Å². The predicted octanol–water partition coefficient (Wildman–Crippen LogP) is 8.99. The zero-order valence-electron chi connectivity index (χ0n) is 19.7. The molecule has 166 valence electrons. The van der Waals surface area contributed by atoms with Gasteiger partial charge in [0.2, 0.25) is 0 Å². The van der Waals surface area contributed by atoms with Gasteiger partial charge in [0.1, 0.15) is 11.3 Å². The van der Waals surface area contributed by atoms with E-state index < -0.39 is 0 Å². The minimum atomic E-state index is -0.0957. The molecular weight excluding hydrogens is 426 g/mol. The van der Waals surface area contributed by atoms with E-state index in [0.717, 1.165) is 11.3 Å². The van der Waals surface area contributed by atoms with Crippen molar-refractivity contribution in [3.05, 3.63) is 114 Å². The smallest absolute Gasteiger partial charge is 0.139 e. The third-order valence-electron chi connectivity index (χ3n) is 7.94. The predicted molar refractivity (Wildman–Crippen MR) is 146 cm³/mol. The summed E-state index contributed by atoms with van der Waals surface area (Å²) in [5.74, 6) is 1.02. The fourth-order valence-electron chi connectivity index (χ4n) is 6.32. The third-order valence-corrected chi connectivity index (χ3v) is 7.94. The fourth-order valence-corrected chi connectivity index (χ4v) is 6.32. The molecule has 1 aliphatic rings. The van der Waals surface area contributed by atoms with Crippen LogP contribution in [0.4, 0.5) is 0 Å². The number of fused-ring (bicyclic) bond motifs is 9. The maximum atomic E-state index is 6.62. The summed E-state index contributed by atoms with van der Waals surface area (Å²) in [4.78, 5) is 0. The number of rotatable bonds is 1. The van der Waals surface area contributed by atoms with Crippen LogP contribution in [0, 0.1) is 0 Å². The molecule has 0 atom stereocenters. The van der Waals surface area contributed by atoms with Crippen molar-refractivity contribution in [3.8, 4) is 17.0 Å². The van der Waals surface area contributed by atoms with E-state index in [0.29, 0.717) is 0 Å². The van der Waals surface area contributed by atoms with E-state index in [4.69, 9.17) is 4.42 Å². The number of aromatic nitrogens is 1. The van der Waals surface area contributed by atoms with Crippen molar-refractivity contribution >= 4 is 43.5 Å². The molecule has 5 aromatic carbocycles. The third kappa shape index (κ3) is 2.39. The standard InChI is InChI=1S/C33H23NO/c1-33(2)27-13-7-5-12-24(27)32-31(33)26-18-25-23-11-6-8-14-28(23)34(29(25)19-30(26)35-32)22-16-15-20-9-3-4-10-21(20)17-22/h3-19H,1-2H3. The highest BCUT2D eigenvalue weighted by atomic mass is 16.3. The van der Waals surface area contributed by atoms with Crippen LogP contribution in [0.1, 0.15) is 25.0 Å². The van der Waals surface area contributed by atoms with Crippen LogP contribution in [0.25, 0.3) is 60.6 Å². The maximum Gasteiger partial charge on any atom is 0.139 e. The molecular formula is C33H23NO. The lowest BCUT2D eigenvalue weighted by Crippen LogP contribution is -2.14. The minimum absolute atomic E-state index is 0.0957. The summed E-state index contributed by atoms with van der Waals surface area (Å²) in [7, 11) is 0. The van der Waals surface area contributed by atoms with Crippen LogP contribution in [0.15, 0.2) is 108 Å². The summed E-state index contributed by atoms with van der Waals surface area (Å²) in [6.07, 6.45) is 0. The molecule has 8 rings (SSSR count). The van der Waals surface area contributed by atoms with Gasteiger partial charge in [-0.15, -0.1) is 0 Å². The van der Waals surface area contributed by atoms with E-state index in [1.807, 2.05) is 0 Å². The first-order valence-electron chi connectivity index (χ1n) is 12.2. The molecule has 0 unspecified atom stereocenters. The molecule has 0 radical (unpaired) electrons. The van der Waals surface area contributed by atoms with Crippen LogP contribution in [0.2, 0.25) is 0 Å². The molecule has 35 heavy (non-hydrogen) atoms. The van der Waals surface area contributed by atoms with Gasteiger partial charge in [-0.2, -0.15) is 0 Å². The van der Waals surface area contributed by atoms with Gasteiger partial charge in [0.25, 0.3) is 0 Å². The number of hydrogen-bond acceptors (Lipinski definition) is 1. The van der Waals surface area contributed by atoms with Gasteiger partial charge in [0.15, 0.2) is 0 Å². The van der Waals surface area contributed by atoms with Crippen LogP contribution >= 0.6 is 0 Å². The Morgan fingerprint density at radius 2 is 1.40 bits per heavy atom. The van der Waals surface area contributed by atoms with Gasteiger partial charge in [-0.1, -0.05) is 86.6 Å². The Labute approximate surface area is 203 Å². The van der Waals surface area contributed by atoms with Crippen LogP contribution in [0.3, 0.4) is 0 Å². The summed E-state index contributed by atoms with van der Waals surface area (Å²) in [6.45, 7) is 4.63. The van der Waals surface area contributed by atoms with E-state index in [1.165, 1.54) is 60.3 Å². The van der Waals surface area contributed by atoms with Gasteiger partial charge in [0.05, 0.1) is 11.0 Å². The summed E-state index contributed by atoms with van der Waals surface area (Å²) in [5.41, 5.74) is 8.27. The quantitative estimate of drug-likeness (QED) is 0.244. The molecule has 2 nitrogen and oxygen atoms in total. The van der Waals surface area contributed by atoms with Crippen molar-refractivity contribution < 1.29 is 4.42 Å². The van der Waals surface area contributed by atoms with Crippen LogP contribution in [0.5, 0.6) is 0 Å². The number of hydrogen-bond donors (Lipinski definition) is 0. The molecule has 0 saturated heterocycles. The van der Waals surface area contributed by atoms with Crippen molar-refractivity contribution in [2.75, 3.05) is 0 Å². The average Bonchev–Trinajstić information content (AvgIpc) is 3.49. The second-order valence-electron chi connectivity index (χ2n) is 10.2. The molecule has 0 bridgehead atoms. The molecule has 1 aliphatic carbocycles. The first kappa shape index (κ1) is 19.1. The molecule has 0 spiro atoms. The molecule has 7 aromatic rings. The van der Waals surface area contributed by atoms with Crippen molar-refractivity contribution in [2.24, 2.45) is 0 Å². The van der Waals surface area contributed by atoms with Crippen molar-refractivity contribution in [2.45, 2.75) is 19.3 Å². The number of para-hydroxylation sites is 1. The maximum absolute atomic E-state index is 6.62. The lowest BCUT2D eigenvalue weighted by molar-refractivity contribution is 0.619. The summed E-state index contributed by atoms with van der Waals surface area (Å²) in [6, 6.07) is 37.2. The Kier molecular flexibility index (Phi) is 3.50. The second-order valence-corrected chi connectivity index (χ2v) is 10.2. The van der Waals surface area contributed by atoms with E-state index in [1.54, 1.807) is 0 Å². The highest BCUT2D eigenvalue weighted by molar-refractivity contribution is 6.14. The zero-order chi connectivity index (χ0) is 23.3. The van der Waals surface area contributed by atoms with E-state index >= 15 is 0 Å². The van der Waals surface area contributed by atoms with E-state index in [2.05, 4.69) is 122 Å². The van der Waals surface area contributed by atoms with Gasteiger partial charge in [0, 0.05) is 44.5 Å². The first-order chi connectivity index (χ1) is 17.1. The van der Waals surface area contributed by atoms with Gasteiger partial charge in [-0.3, -0.25) is 0 Å². The van der Waals surface area contributed by atoms with Crippen molar-refractivity contribution in [1.82, 2.24) is 4.57 Å². The Morgan fingerprint density at radius 1 is 0.629 bits per heavy atom. The Balaban J connectivity index is 1.49. The first-order valence-corrected chi connectivity index (χ1v) is 12.2. The second kappa shape index (κ2) is 6.43. The molecule has 2 aromatic heterocycles. The summed E-state index contributed by atoms with van der Waals surface area (Å²) < 4.78 is 9.00. The van der Waals surface area contributed by atoms with Gasteiger partial charge in [-0.25, -0.2) is 0 Å². The lowest BCUT2D eigenvalue weighted by atomic mass is 9.81. The summed E-state index contributed by atoms with van der Waals surface area (Å²) >= 11 is 0. The lowest BCUT2D eigenvalue weighted by Gasteiger charge is -2.20. The number of benzene rings is 5. The van der Waals surface area contributed by atoms with Crippen LogP contribution in [-0.2, 0) is 5.41 Å². The number of nitrogens with zero attached hydrogens (tertiary/aromatic N) is 1. The van der Waals surface area contributed by atoms with E-state index in [-0.39, 0.29) is 5.41 Å². The van der Waals surface area contributed by atoms with Crippen molar-refractivity contribution in [1.29, 1.82) is 0 Å². The normalized spacial score (nSPS) is 14.2. The SMILES string of the molecule is CC1(C)c2ccccc2-c2oc3cc4c(cc3c21)c1ccccc1n4-c1ccc2ccccc2c1. The molecule has 0 amide bonds. The molecule has 2 heteroatoms. The molecule has 2 heterocycles. The zero-order valence-corrected chi connectivity index (χ0v) is 19.7. The van der Waals surface area contributed by atoms with Gasteiger partial charge < -0.3 is 8.98 Å². The summed E-state index contributed by atoms with van der Waals surface area (Å²) in [5, 5.41) is 6.24. The Morgan fingerprint density at radius 3 is 2.31 bits per heavy atom. The Hall–Kier alpha value is -4.30. The minimum Gasteiger partial charge on any atom is -0.456 e. The largest absolute Gasteiger partial charge is 0.456 e. The van der Waals surface area contributed by atoms with Gasteiger partial charge in [-0.05, 0) is 40.6 Å². The van der Waals surface area contributed by atoms with Crippen LogP contribution in [-0.4, -0.2) is 4.57 Å². The van der Waals surface area contributed by atoms with Crippen LogP contribution < -0.4 is 0 Å². The van der Waals surface area contributed by atoms with E-state index in [9.17, 15) is 0 Å². The average molecular weight is 450 g/mol. The molecule has 0 aliphatic heterocycles. The Bertz CT molecular complexity index is 1980. The highest BCUT2D eigenvalue weighted by Crippen LogP contribution is 2.53. The molecule has 0 fully saturated rings. The van der Waals surface area contributed by atoms with Gasteiger partial charge >= 0.3 is 0 Å². The molecule has 0 N–H and O–H groups in total. The monoisotopic (exact) mass is 449 g/mol. The highest BCUT2D eigenvalue weighted by Gasteiger charge is 2.40. The number of furan rings is 1. The molecule has 0 saturated carbocycles. The fraction of sp³-hybridized carbons (Fsp3) is 0.0909. The van der Waals surface area contributed by atoms with Crippen molar-refractivity contribution in [3.63, 3.8) is 0 Å².